The number of hydrogen-bond donors (Lipinski definition) is 0. The van der Waals surface area contributed by atoms with Crippen LogP contribution < -0.4 is 0 Å². The lowest BCUT2D eigenvalue weighted by Gasteiger charge is -2.15. The Morgan fingerprint density at radius 3 is 1.92 bits per heavy atom. The Hall–Kier alpha value is -1.89. The molecule has 1 aliphatic rings. The lowest BCUT2D eigenvalue weighted by atomic mass is 9.99. The van der Waals surface area contributed by atoms with Crippen LogP contribution in [0.2, 0.25) is 0 Å². The van der Waals surface area contributed by atoms with Gasteiger partial charge < -0.3 is 9.47 Å². The van der Waals surface area contributed by atoms with Gasteiger partial charge in [0.2, 0.25) is 0 Å². The molecule has 2 unspecified atom stereocenters. The summed E-state index contributed by atoms with van der Waals surface area (Å²) in [4.78, 5) is 25.2. The normalized spacial score (nSPS) is 21.8. The fraction of sp³-hybridized carbons (Fsp3) is 0.529. The second kappa shape index (κ2) is 6.93. The zero-order valence-corrected chi connectivity index (χ0v) is 14.8. The summed E-state index contributed by atoms with van der Waals surface area (Å²) in [5.41, 5.74) is -1.21. The van der Waals surface area contributed by atoms with Crippen molar-refractivity contribution in [3.8, 4) is 0 Å². The van der Waals surface area contributed by atoms with Gasteiger partial charge >= 0.3 is 11.9 Å². The molecule has 0 amide bonds. The first-order valence-electron chi connectivity index (χ1n) is 7.98. The maximum absolute atomic E-state index is 12.6. The number of carbonyl (C=O) groups excluding carboxylic acids is 2. The summed E-state index contributed by atoms with van der Waals surface area (Å²) in [5.74, 6) is -2.62. The monoisotopic (exact) mass is 354 g/mol. The van der Waals surface area contributed by atoms with Crippen molar-refractivity contribution in [1.82, 2.24) is 0 Å². The highest BCUT2D eigenvalue weighted by atomic mass is 32.2. The predicted molar refractivity (Wildman–Crippen MR) is 88.1 cm³/mol. The van der Waals surface area contributed by atoms with Crippen LogP contribution in [-0.4, -0.2) is 44.6 Å². The zero-order chi connectivity index (χ0) is 18.0. The Balaban J connectivity index is 2.60. The molecule has 24 heavy (non-hydrogen) atoms. The van der Waals surface area contributed by atoms with Gasteiger partial charge in [-0.15, -0.1) is 0 Å². The molecule has 2 rings (SSSR count). The fourth-order valence-corrected chi connectivity index (χ4v) is 5.17. The van der Waals surface area contributed by atoms with Crippen molar-refractivity contribution in [1.29, 1.82) is 0 Å². The number of ether oxygens (including phenoxy) is 2. The van der Waals surface area contributed by atoms with Crippen LogP contribution in [0.1, 0.15) is 32.3 Å². The van der Waals surface area contributed by atoms with Gasteiger partial charge in [-0.1, -0.05) is 37.3 Å². The summed E-state index contributed by atoms with van der Waals surface area (Å²) in [6, 6.07) is 8.69. The van der Waals surface area contributed by atoms with Crippen molar-refractivity contribution >= 4 is 21.8 Å². The number of carbonyl (C=O) groups is 2. The SMILES string of the molecule is CCOC(=O)C1(C(=O)OCC)C(c2ccccc2)C1S(=O)(=O)CC. The maximum atomic E-state index is 12.6. The minimum Gasteiger partial charge on any atom is -0.465 e. The molecule has 7 heteroatoms. The molecule has 0 spiro atoms. The second-order valence-corrected chi connectivity index (χ2v) is 7.98. The Morgan fingerprint density at radius 1 is 1.00 bits per heavy atom. The van der Waals surface area contributed by atoms with Crippen molar-refractivity contribution in [3.63, 3.8) is 0 Å². The fourth-order valence-electron chi connectivity index (χ4n) is 3.19. The molecule has 1 aromatic rings. The summed E-state index contributed by atoms with van der Waals surface area (Å²) in [7, 11) is -3.66. The largest absolute Gasteiger partial charge is 0.465 e. The average Bonchev–Trinajstić information content (AvgIpc) is 3.29. The average molecular weight is 354 g/mol. The molecule has 2 atom stereocenters. The predicted octanol–water partition coefficient (Wildman–Crippen LogP) is 1.70. The van der Waals surface area contributed by atoms with Crippen LogP contribution in [0.4, 0.5) is 0 Å². The van der Waals surface area contributed by atoms with Crippen molar-refractivity contribution < 1.29 is 27.5 Å². The minimum atomic E-state index is -3.66. The van der Waals surface area contributed by atoms with Crippen molar-refractivity contribution in [2.24, 2.45) is 5.41 Å². The summed E-state index contributed by atoms with van der Waals surface area (Å²) in [6.45, 7) is 4.83. The topological polar surface area (TPSA) is 86.7 Å². The summed E-state index contributed by atoms with van der Waals surface area (Å²) < 4.78 is 35.2. The highest BCUT2D eigenvalue weighted by Gasteiger charge is 2.81. The molecule has 1 aliphatic carbocycles. The van der Waals surface area contributed by atoms with Crippen LogP contribution in [0.25, 0.3) is 0 Å². The number of esters is 2. The molecule has 0 N–H and O–H groups in total. The highest BCUT2D eigenvalue weighted by molar-refractivity contribution is 7.92. The molecular weight excluding hydrogens is 332 g/mol. The van der Waals surface area contributed by atoms with Gasteiger partial charge in [0.25, 0.3) is 0 Å². The van der Waals surface area contributed by atoms with E-state index in [1.807, 2.05) is 0 Å². The van der Waals surface area contributed by atoms with E-state index >= 15 is 0 Å². The van der Waals surface area contributed by atoms with Gasteiger partial charge in [-0.25, -0.2) is 8.42 Å². The molecule has 0 radical (unpaired) electrons. The van der Waals surface area contributed by atoms with E-state index in [1.54, 1.807) is 44.2 Å². The molecule has 1 aromatic carbocycles. The Morgan fingerprint density at radius 2 is 1.50 bits per heavy atom. The van der Waals surface area contributed by atoms with Gasteiger partial charge in [-0.05, 0) is 19.4 Å². The number of benzene rings is 1. The van der Waals surface area contributed by atoms with Crippen LogP contribution in [-0.2, 0) is 28.9 Å². The van der Waals surface area contributed by atoms with Gasteiger partial charge in [-0.2, -0.15) is 0 Å². The van der Waals surface area contributed by atoms with Gasteiger partial charge in [0.05, 0.1) is 18.5 Å². The quantitative estimate of drug-likeness (QED) is 0.547. The van der Waals surface area contributed by atoms with Crippen LogP contribution in [0, 0.1) is 5.41 Å². The van der Waals surface area contributed by atoms with Gasteiger partial charge in [0.1, 0.15) is 0 Å². The molecule has 0 bridgehead atoms. The molecule has 1 fully saturated rings. The van der Waals surface area contributed by atoms with E-state index in [-0.39, 0.29) is 19.0 Å². The molecule has 6 nitrogen and oxygen atoms in total. The van der Waals surface area contributed by atoms with Gasteiger partial charge in [-0.3, -0.25) is 9.59 Å². The highest BCUT2D eigenvalue weighted by Crippen LogP contribution is 2.64. The number of rotatable bonds is 7. The van der Waals surface area contributed by atoms with E-state index in [2.05, 4.69) is 0 Å². The standard InChI is InChI=1S/C17H22O6S/c1-4-22-15(18)17(16(19)23-5-2)13(12-10-8-7-9-11-12)14(17)24(20,21)6-3/h7-11,13-14H,4-6H2,1-3H3. The van der Waals surface area contributed by atoms with Crippen LogP contribution in [0.15, 0.2) is 30.3 Å². The zero-order valence-electron chi connectivity index (χ0n) is 14.0. The van der Waals surface area contributed by atoms with Crippen molar-refractivity contribution in [2.75, 3.05) is 19.0 Å². The summed E-state index contributed by atoms with van der Waals surface area (Å²) >= 11 is 0. The second-order valence-electron chi connectivity index (χ2n) is 5.57. The molecule has 1 saturated carbocycles. The molecule has 0 aromatic heterocycles. The smallest absolute Gasteiger partial charge is 0.325 e. The first-order valence-corrected chi connectivity index (χ1v) is 9.70. The Bertz CT molecular complexity index is 692. The van der Waals surface area contributed by atoms with Crippen LogP contribution in [0.3, 0.4) is 0 Å². The van der Waals surface area contributed by atoms with E-state index in [1.165, 1.54) is 6.92 Å². The van der Waals surface area contributed by atoms with Crippen LogP contribution >= 0.6 is 0 Å². The van der Waals surface area contributed by atoms with E-state index in [0.29, 0.717) is 5.56 Å². The van der Waals surface area contributed by atoms with E-state index in [4.69, 9.17) is 9.47 Å². The minimum absolute atomic E-state index is 0.0559. The first-order chi connectivity index (χ1) is 11.4. The molecule has 0 saturated heterocycles. The van der Waals surface area contributed by atoms with Crippen LogP contribution in [0.5, 0.6) is 0 Å². The molecule has 0 aliphatic heterocycles. The first kappa shape index (κ1) is 18.4. The van der Waals surface area contributed by atoms with E-state index in [0.717, 1.165) is 0 Å². The number of hydrogen-bond acceptors (Lipinski definition) is 6. The van der Waals surface area contributed by atoms with Gasteiger partial charge in [0, 0.05) is 11.7 Å². The Labute approximate surface area is 142 Å². The number of sulfone groups is 1. The third-order valence-corrected chi connectivity index (χ3v) is 6.53. The molecule has 0 heterocycles. The van der Waals surface area contributed by atoms with Crippen molar-refractivity contribution in [3.05, 3.63) is 35.9 Å². The molecule has 132 valence electrons. The third kappa shape index (κ3) is 2.81. The molecular formula is C17H22O6S. The van der Waals surface area contributed by atoms with E-state index < -0.39 is 38.4 Å². The lowest BCUT2D eigenvalue weighted by Crippen LogP contribution is -2.36. The maximum Gasteiger partial charge on any atom is 0.325 e. The summed E-state index contributed by atoms with van der Waals surface area (Å²) in [6.07, 6.45) is 0. The van der Waals surface area contributed by atoms with Crippen molar-refractivity contribution in [2.45, 2.75) is 31.9 Å². The van der Waals surface area contributed by atoms with E-state index in [9.17, 15) is 18.0 Å². The van der Waals surface area contributed by atoms with Gasteiger partial charge in [0.15, 0.2) is 15.3 Å². The lowest BCUT2D eigenvalue weighted by molar-refractivity contribution is -0.164. The Kier molecular flexibility index (Phi) is 5.32. The summed E-state index contributed by atoms with van der Waals surface area (Å²) in [5, 5.41) is -1.16. The third-order valence-electron chi connectivity index (χ3n) is 4.31.